The predicted octanol–water partition coefficient (Wildman–Crippen LogP) is 3.22. The Morgan fingerprint density at radius 2 is 2.08 bits per heavy atom. The van der Waals surface area contributed by atoms with E-state index in [1.54, 1.807) is 11.3 Å². The number of carbonyl (C=O) groups excluding carboxylic acids is 1. The molecular weight excluding hydrogens is 391 g/mol. The number of piperazine rings is 1. The Bertz CT molecular complexity index is 543. The van der Waals surface area contributed by atoms with Crippen molar-refractivity contribution in [3.63, 3.8) is 0 Å². The minimum atomic E-state index is 0. The Balaban J connectivity index is 0.00000169. The van der Waals surface area contributed by atoms with Crippen LogP contribution in [0.5, 0.6) is 0 Å². The molecule has 2 aliphatic rings. The molecule has 0 radical (unpaired) electrons. The molecule has 5 nitrogen and oxygen atoms in total. The topological polar surface area (TPSA) is 48.5 Å². The number of rotatable bonds is 5. The summed E-state index contributed by atoms with van der Waals surface area (Å²) in [6.07, 6.45) is 6.24. The van der Waals surface area contributed by atoms with E-state index in [-0.39, 0.29) is 24.8 Å². The van der Waals surface area contributed by atoms with Crippen molar-refractivity contribution < 1.29 is 4.79 Å². The molecule has 3 rings (SSSR count). The molecule has 2 atom stereocenters. The van der Waals surface area contributed by atoms with Crippen LogP contribution < -0.4 is 10.2 Å². The molecule has 0 spiro atoms. The maximum absolute atomic E-state index is 12.6. The number of piperidine rings is 1. The highest BCUT2D eigenvalue weighted by molar-refractivity contribution is 7.15. The number of thiazole rings is 1. The Morgan fingerprint density at radius 3 is 2.65 bits per heavy atom. The zero-order valence-corrected chi connectivity index (χ0v) is 18.2. The van der Waals surface area contributed by atoms with Crippen molar-refractivity contribution in [3.8, 4) is 0 Å². The van der Waals surface area contributed by atoms with Gasteiger partial charge in [-0.25, -0.2) is 4.98 Å². The van der Waals surface area contributed by atoms with Gasteiger partial charge in [0.15, 0.2) is 5.13 Å². The maximum atomic E-state index is 12.6. The predicted molar refractivity (Wildman–Crippen MR) is 114 cm³/mol. The molecule has 2 aliphatic heterocycles. The average molecular weight is 423 g/mol. The monoisotopic (exact) mass is 422 g/mol. The van der Waals surface area contributed by atoms with E-state index < -0.39 is 0 Å². The Labute approximate surface area is 173 Å². The van der Waals surface area contributed by atoms with Gasteiger partial charge in [0.05, 0.1) is 0 Å². The summed E-state index contributed by atoms with van der Waals surface area (Å²) in [5.74, 6) is 1.47. The lowest BCUT2D eigenvalue weighted by Gasteiger charge is -2.36. The third-order valence-electron chi connectivity index (χ3n) is 5.43. The molecule has 150 valence electrons. The van der Waals surface area contributed by atoms with Crippen LogP contribution in [0.15, 0.2) is 6.20 Å². The van der Waals surface area contributed by atoms with Crippen LogP contribution in [-0.4, -0.2) is 55.1 Å². The van der Waals surface area contributed by atoms with Crippen molar-refractivity contribution in [3.05, 3.63) is 11.1 Å². The molecule has 2 fully saturated rings. The van der Waals surface area contributed by atoms with Crippen LogP contribution in [-0.2, 0) is 11.2 Å². The van der Waals surface area contributed by atoms with Gasteiger partial charge in [0, 0.05) is 43.7 Å². The molecule has 2 saturated heterocycles. The van der Waals surface area contributed by atoms with Crippen molar-refractivity contribution in [1.82, 2.24) is 15.2 Å². The van der Waals surface area contributed by atoms with Crippen molar-refractivity contribution in [2.45, 2.75) is 39.5 Å². The van der Waals surface area contributed by atoms with Crippen LogP contribution >= 0.6 is 36.2 Å². The van der Waals surface area contributed by atoms with E-state index in [0.717, 1.165) is 50.8 Å². The summed E-state index contributed by atoms with van der Waals surface area (Å²) in [7, 11) is 0. The smallest absolute Gasteiger partial charge is 0.222 e. The van der Waals surface area contributed by atoms with Crippen molar-refractivity contribution in [2.24, 2.45) is 11.8 Å². The number of halogens is 2. The van der Waals surface area contributed by atoms with Crippen LogP contribution in [0.25, 0.3) is 0 Å². The molecule has 0 bridgehead atoms. The number of carbonyl (C=O) groups is 1. The number of nitrogens with one attached hydrogen (secondary N) is 1. The first-order chi connectivity index (χ1) is 11.7. The third-order valence-corrected chi connectivity index (χ3v) is 6.63. The fourth-order valence-electron chi connectivity index (χ4n) is 3.69. The molecule has 8 heteroatoms. The van der Waals surface area contributed by atoms with Crippen molar-refractivity contribution in [2.75, 3.05) is 44.2 Å². The Morgan fingerprint density at radius 1 is 1.35 bits per heavy atom. The summed E-state index contributed by atoms with van der Waals surface area (Å²) in [4.78, 5) is 22.8. The highest BCUT2D eigenvalue weighted by atomic mass is 35.5. The summed E-state index contributed by atoms with van der Waals surface area (Å²) in [5, 5.41) is 4.57. The van der Waals surface area contributed by atoms with Crippen molar-refractivity contribution >= 4 is 47.2 Å². The number of nitrogens with zero attached hydrogens (tertiary/aromatic N) is 3. The van der Waals surface area contributed by atoms with Crippen LogP contribution in [0, 0.1) is 11.8 Å². The second kappa shape index (κ2) is 11.3. The van der Waals surface area contributed by atoms with Gasteiger partial charge < -0.3 is 15.1 Å². The molecule has 1 amide bonds. The Hall–Kier alpha value is -0.560. The fraction of sp³-hybridized carbons (Fsp3) is 0.778. The van der Waals surface area contributed by atoms with Crippen molar-refractivity contribution in [1.29, 1.82) is 0 Å². The lowest BCUT2D eigenvalue weighted by atomic mass is 9.85. The van der Waals surface area contributed by atoms with Crippen LogP contribution in [0.2, 0.25) is 0 Å². The van der Waals surface area contributed by atoms with Crippen LogP contribution in [0.3, 0.4) is 0 Å². The number of amides is 1. The van der Waals surface area contributed by atoms with Gasteiger partial charge in [-0.15, -0.1) is 36.2 Å². The largest absolute Gasteiger partial charge is 0.345 e. The normalized spacial score (nSPS) is 21.5. The van der Waals surface area contributed by atoms with Gasteiger partial charge in [-0.1, -0.05) is 13.8 Å². The van der Waals surface area contributed by atoms with E-state index in [0.29, 0.717) is 24.2 Å². The number of hydrogen-bond acceptors (Lipinski definition) is 5. The number of anilines is 1. The van der Waals surface area contributed by atoms with Gasteiger partial charge in [0.1, 0.15) is 0 Å². The SMILES string of the molecule is CCc1cnc(N2CCN(C(=O)CC(C)C3CCCNC3)CC2)s1.Cl.Cl. The zero-order valence-electron chi connectivity index (χ0n) is 15.8. The zero-order chi connectivity index (χ0) is 16.9. The molecule has 1 aromatic heterocycles. The average Bonchev–Trinajstić information content (AvgIpc) is 3.11. The van der Waals surface area contributed by atoms with Crippen LogP contribution in [0.4, 0.5) is 5.13 Å². The summed E-state index contributed by atoms with van der Waals surface area (Å²) in [5.41, 5.74) is 0. The van der Waals surface area contributed by atoms with E-state index in [2.05, 4.69) is 33.9 Å². The van der Waals surface area contributed by atoms with Gasteiger partial charge in [-0.2, -0.15) is 0 Å². The lowest BCUT2D eigenvalue weighted by molar-refractivity contribution is -0.132. The molecule has 1 aromatic rings. The first kappa shape index (κ1) is 23.5. The van der Waals surface area contributed by atoms with Gasteiger partial charge in [-0.3, -0.25) is 4.79 Å². The van der Waals surface area contributed by atoms with Gasteiger partial charge in [0.2, 0.25) is 5.91 Å². The van der Waals surface area contributed by atoms with E-state index in [1.807, 2.05) is 6.20 Å². The van der Waals surface area contributed by atoms with Crippen LogP contribution in [0.1, 0.15) is 38.0 Å². The second-order valence-electron chi connectivity index (χ2n) is 7.12. The van der Waals surface area contributed by atoms with Gasteiger partial charge in [0.25, 0.3) is 0 Å². The maximum Gasteiger partial charge on any atom is 0.222 e. The molecule has 0 aromatic carbocycles. The number of aromatic nitrogens is 1. The quantitative estimate of drug-likeness (QED) is 0.790. The minimum Gasteiger partial charge on any atom is -0.345 e. The molecule has 2 unspecified atom stereocenters. The van der Waals surface area contributed by atoms with E-state index in [4.69, 9.17) is 0 Å². The third kappa shape index (κ3) is 5.98. The standard InChI is InChI=1S/C18H30N4OS.2ClH/c1-3-16-13-20-18(24-16)22-9-7-21(8-10-22)17(23)11-14(2)15-5-4-6-19-12-15;;/h13-15,19H,3-12H2,1-2H3;2*1H. The summed E-state index contributed by atoms with van der Waals surface area (Å²) in [6, 6.07) is 0. The molecule has 26 heavy (non-hydrogen) atoms. The molecule has 0 saturated carbocycles. The summed E-state index contributed by atoms with van der Waals surface area (Å²) in [6.45, 7) is 10.1. The first-order valence-electron chi connectivity index (χ1n) is 9.35. The van der Waals surface area contributed by atoms with Gasteiger partial charge in [-0.05, 0) is 44.2 Å². The summed E-state index contributed by atoms with van der Waals surface area (Å²) >= 11 is 1.78. The molecular formula is C18H32Cl2N4OS. The molecule has 0 aliphatic carbocycles. The number of hydrogen-bond donors (Lipinski definition) is 1. The highest BCUT2D eigenvalue weighted by Gasteiger charge is 2.27. The van der Waals surface area contributed by atoms with E-state index in [9.17, 15) is 4.79 Å². The summed E-state index contributed by atoms with van der Waals surface area (Å²) < 4.78 is 0. The van der Waals surface area contributed by atoms with E-state index in [1.165, 1.54) is 17.7 Å². The molecule has 3 heterocycles. The lowest BCUT2D eigenvalue weighted by Crippen LogP contribution is -2.49. The highest BCUT2D eigenvalue weighted by Crippen LogP contribution is 2.26. The fourth-order valence-corrected chi connectivity index (χ4v) is 4.59. The van der Waals surface area contributed by atoms with Gasteiger partial charge >= 0.3 is 0 Å². The number of aryl methyl sites for hydroxylation is 1. The second-order valence-corrected chi connectivity index (χ2v) is 8.21. The molecule has 1 N–H and O–H groups in total. The minimum absolute atomic E-state index is 0. The first-order valence-corrected chi connectivity index (χ1v) is 10.2. The Kier molecular flexibility index (Phi) is 10.2. The van der Waals surface area contributed by atoms with E-state index >= 15 is 0 Å².